The van der Waals surface area contributed by atoms with Crippen LogP contribution < -0.4 is 11.1 Å². The second kappa shape index (κ2) is 8.12. The fourth-order valence-electron chi connectivity index (χ4n) is 2.42. The minimum absolute atomic E-state index is 0.0375. The van der Waals surface area contributed by atoms with Crippen LogP contribution in [0.4, 0.5) is 0 Å². The van der Waals surface area contributed by atoms with Gasteiger partial charge in [0.15, 0.2) is 0 Å². The van der Waals surface area contributed by atoms with E-state index in [1.807, 2.05) is 13.0 Å². The summed E-state index contributed by atoms with van der Waals surface area (Å²) in [7, 11) is 0. The van der Waals surface area contributed by atoms with Gasteiger partial charge < -0.3 is 15.8 Å². The van der Waals surface area contributed by atoms with Gasteiger partial charge in [0, 0.05) is 26.2 Å². The van der Waals surface area contributed by atoms with Gasteiger partial charge in [-0.1, -0.05) is 37.3 Å². The molecule has 1 unspecified atom stereocenters. The average molecular weight is 291 g/mol. The lowest BCUT2D eigenvalue weighted by Gasteiger charge is -2.33. The predicted octanol–water partition coefficient (Wildman–Crippen LogP) is 0.741. The van der Waals surface area contributed by atoms with Gasteiger partial charge in [-0.3, -0.25) is 9.69 Å². The van der Waals surface area contributed by atoms with Crippen molar-refractivity contribution in [2.24, 2.45) is 5.73 Å². The van der Waals surface area contributed by atoms with Crippen molar-refractivity contribution >= 4 is 5.91 Å². The summed E-state index contributed by atoms with van der Waals surface area (Å²) in [6.07, 6.45) is 0.688. The van der Waals surface area contributed by atoms with Crippen LogP contribution in [-0.4, -0.2) is 49.2 Å². The third-order valence-corrected chi connectivity index (χ3v) is 3.75. The van der Waals surface area contributed by atoms with Crippen LogP contribution in [0, 0.1) is 0 Å². The van der Waals surface area contributed by atoms with Gasteiger partial charge in [0.25, 0.3) is 0 Å². The molecule has 0 aromatic heterocycles. The molecule has 2 atom stereocenters. The third kappa shape index (κ3) is 5.12. The summed E-state index contributed by atoms with van der Waals surface area (Å²) >= 11 is 0. The van der Waals surface area contributed by atoms with Gasteiger partial charge in [-0.25, -0.2) is 0 Å². The Balaban J connectivity index is 1.77. The maximum Gasteiger partial charge on any atom is 0.236 e. The maximum atomic E-state index is 11.7. The topological polar surface area (TPSA) is 67.6 Å². The first-order valence-corrected chi connectivity index (χ1v) is 7.60. The van der Waals surface area contributed by atoms with Gasteiger partial charge in [0.05, 0.1) is 18.8 Å². The van der Waals surface area contributed by atoms with Crippen LogP contribution in [0.2, 0.25) is 0 Å². The Bertz CT molecular complexity index is 438. The van der Waals surface area contributed by atoms with E-state index in [2.05, 4.69) is 34.5 Å². The summed E-state index contributed by atoms with van der Waals surface area (Å²) in [6.45, 7) is 5.81. The number of nitrogens with two attached hydrogens (primary N) is 1. The summed E-state index contributed by atoms with van der Waals surface area (Å²) < 4.78 is 5.71. The highest BCUT2D eigenvalue weighted by Crippen LogP contribution is 2.10. The first-order chi connectivity index (χ1) is 10.2. The summed E-state index contributed by atoms with van der Waals surface area (Å²) in [5, 5.41) is 2.87. The molecule has 0 spiro atoms. The molecule has 1 aromatic rings. The van der Waals surface area contributed by atoms with E-state index in [-0.39, 0.29) is 12.0 Å². The lowest BCUT2D eigenvalue weighted by atomic mass is 10.2. The number of morpholine rings is 1. The molecule has 1 fully saturated rings. The van der Waals surface area contributed by atoms with Crippen molar-refractivity contribution < 1.29 is 9.53 Å². The van der Waals surface area contributed by atoms with Gasteiger partial charge in [-0.2, -0.15) is 0 Å². The van der Waals surface area contributed by atoms with Crippen molar-refractivity contribution in [2.75, 3.05) is 26.2 Å². The molecule has 1 aliphatic heterocycles. The molecule has 1 aliphatic rings. The Labute approximate surface area is 126 Å². The molecule has 0 saturated carbocycles. The number of carbonyl (C=O) groups is 1. The SMILES string of the molecule is CC[C@H](N)C(=O)NCC1CN(Cc2ccccc2)CCO1. The Morgan fingerprint density at radius 2 is 2.24 bits per heavy atom. The lowest BCUT2D eigenvalue weighted by molar-refractivity contribution is -0.123. The van der Waals surface area contributed by atoms with Gasteiger partial charge >= 0.3 is 0 Å². The van der Waals surface area contributed by atoms with Crippen LogP contribution >= 0.6 is 0 Å². The van der Waals surface area contributed by atoms with Crippen molar-refractivity contribution in [3.05, 3.63) is 35.9 Å². The molecule has 5 nitrogen and oxygen atoms in total. The summed E-state index contributed by atoms with van der Waals surface area (Å²) in [6, 6.07) is 9.98. The molecule has 0 radical (unpaired) electrons. The molecule has 1 amide bonds. The summed E-state index contributed by atoms with van der Waals surface area (Å²) in [4.78, 5) is 14.0. The average Bonchev–Trinajstić information content (AvgIpc) is 2.53. The van der Waals surface area contributed by atoms with Crippen LogP contribution in [0.15, 0.2) is 30.3 Å². The van der Waals surface area contributed by atoms with Crippen molar-refractivity contribution in [1.29, 1.82) is 0 Å². The highest BCUT2D eigenvalue weighted by atomic mass is 16.5. The first kappa shape index (κ1) is 15.9. The molecule has 2 rings (SSSR count). The number of nitrogens with zero attached hydrogens (tertiary/aromatic N) is 1. The minimum atomic E-state index is -0.422. The normalized spacial score (nSPS) is 21.0. The number of hydrogen-bond donors (Lipinski definition) is 2. The number of benzene rings is 1. The molecule has 1 aromatic carbocycles. The largest absolute Gasteiger partial charge is 0.374 e. The number of hydrogen-bond acceptors (Lipinski definition) is 4. The van der Waals surface area contributed by atoms with E-state index in [0.29, 0.717) is 19.6 Å². The van der Waals surface area contributed by atoms with Gasteiger partial charge in [0.1, 0.15) is 0 Å². The van der Waals surface area contributed by atoms with Crippen molar-refractivity contribution in [3.8, 4) is 0 Å². The van der Waals surface area contributed by atoms with Crippen LogP contribution in [0.3, 0.4) is 0 Å². The molecule has 5 heteroatoms. The molecule has 21 heavy (non-hydrogen) atoms. The Morgan fingerprint density at radius 1 is 1.48 bits per heavy atom. The first-order valence-electron chi connectivity index (χ1n) is 7.60. The monoisotopic (exact) mass is 291 g/mol. The Hall–Kier alpha value is -1.43. The van der Waals surface area contributed by atoms with E-state index in [1.165, 1.54) is 5.56 Å². The van der Waals surface area contributed by atoms with Gasteiger partial charge in [-0.05, 0) is 12.0 Å². The van der Waals surface area contributed by atoms with Gasteiger partial charge in [-0.15, -0.1) is 0 Å². The second-order valence-electron chi connectivity index (χ2n) is 5.47. The molecule has 3 N–H and O–H groups in total. The van der Waals surface area contributed by atoms with Crippen molar-refractivity contribution in [2.45, 2.75) is 32.0 Å². The number of rotatable bonds is 6. The highest BCUT2D eigenvalue weighted by molar-refractivity contribution is 5.81. The van der Waals surface area contributed by atoms with E-state index >= 15 is 0 Å². The van der Waals surface area contributed by atoms with E-state index < -0.39 is 6.04 Å². The molecule has 1 heterocycles. The molecular weight excluding hydrogens is 266 g/mol. The fraction of sp³-hybridized carbons (Fsp3) is 0.562. The van der Waals surface area contributed by atoms with Crippen LogP contribution in [0.5, 0.6) is 0 Å². The lowest BCUT2D eigenvalue weighted by Crippen LogP contribution is -2.49. The van der Waals surface area contributed by atoms with Crippen molar-refractivity contribution in [3.63, 3.8) is 0 Å². The summed E-state index contributed by atoms with van der Waals surface area (Å²) in [5.41, 5.74) is 7.00. The zero-order chi connectivity index (χ0) is 15.1. The fourth-order valence-corrected chi connectivity index (χ4v) is 2.42. The number of amides is 1. The quantitative estimate of drug-likeness (QED) is 0.811. The van der Waals surface area contributed by atoms with E-state index in [0.717, 1.165) is 19.6 Å². The Kier molecular flexibility index (Phi) is 6.17. The molecule has 0 aliphatic carbocycles. The highest BCUT2D eigenvalue weighted by Gasteiger charge is 2.21. The standard InChI is InChI=1S/C16H25N3O2/c1-2-15(17)16(20)18-10-14-12-19(8-9-21-14)11-13-6-4-3-5-7-13/h3-7,14-15H,2,8-12,17H2,1H3,(H,18,20)/t14?,15-/m0/s1. The maximum absolute atomic E-state index is 11.7. The van der Waals surface area contributed by atoms with Gasteiger partial charge in [0.2, 0.25) is 5.91 Å². The van der Waals surface area contributed by atoms with Crippen LogP contribution in [-0.2, 0) is 16.1 Å². The van der Waals surface area contributed by atoms with E-state index in [1.54, 1.807) is 0 Å². The molecule has 0 bridgehead atoms. The van der Waals surface area contributed by atoms with E-state index in [9.17, 15) is 4.79 Å². The van der Waals surface area contributed by atoms with Crippen LogP contribution in [0.1, 0.15) is 18.9 Å². The third-order valence-electron chi connectivity index (χ3n) is 3.75. The van der Waals surface area contributed by atoms with E-state index in [4.69, 9.17) is 10.5 Å². The number of ether oxygens (including phenoxy) is 1. The summed E-state index contributed by atoms with van der Waals surface area (Å²) in [5.74, 6) is -0.0960. The number of nitrogens with one attached hydrogen (secondary N) is 1. The second-order valence-corrected chi connectivity index (χ2v) is 5.47. The molecule has 1 saturated heterocycles. The molecular formula is C16H25N3O2. The zero-order valence-corrected chi connectivity index (χ0v) is 12.6. The van der Waals surface area contributed by atoms with Crippen molar-refractivity contribution in [1.82, 2.24) is 10.2 Å². The van der Waals surface area contributed by atoms with Crippen LogP contribution in [0.25, 0.3) is 0 Å². The predicted molar refractivity (Wildman–Crippen MR) is 82.7 cm³/mol. The smallest absolute Gasteiger partial charge is 0.236 e. The number of carbonyl (C=O) groups excluding carboxylic acids is 1. The molecule has 116 valence electrons. The Morgan fingerprint density at radius 3 is 2.95 bits per heavy atom. The minimum Gasteiger partial charge on any atom is -0.374 e. The zero-order valence-electron chi connectivity index (χ0n) is 12.6.